The SMILES string of the molecule is Cc1nc2c(c(=O)n1C)CN(C[C@]1(O)CNCCOC1)C2. The molecular weight excluding hydrogens is 272 g/mol. The fraction of sp³-hybridized carbons (Fsp3) is 0.714. The molecule has 7 nitrogen and oxygen atoms in total. The lowest BCUT2D eigenvalue weighted by atomic mass is 10.1. The molecule has 1 aromatic heterocycles. The molecule has 2 aliphatic rings. The molecular formula is C14H22N4O3. The highest BCUT2D eigenvalue weighted by atomic mass is 16.5. The number of rotatable bonds is 2. The van der Waals surface area contributed by atoms with E-state index in [2.05, 4.69) is 15.2 Å². The summed E-state index contributed by atoms with van der Waals surface area (Å²) in [5.74, 6) is 0.721. The van der Waals surface area contributed by atoms with Crippen LogP contribution in [-0.4, -0.2) is 58.0 Å². The Balaban J connectivity index is 1.76. The predicted octanol–water partition coefficient (Wildman–Crippen LogP) is -1.24. The molecule has 1 fully saturated rings. The molecule has 21 heavy (non-hydrogen) atoms. The van der Waals surface area contributed by atoms with E-state index in [9.17, 15) is 9.90 Å². The van der Waals surface area contributed by atoms with Crippen LogP contribution in [0.3, 0.4) is 0 Å². The molecule has 0 unspecified atom stereocenters. The quantitative estimate of drug-likeness (QED) is 0.710. The summed E-state index contributed by atoms with van der Waals surface area (Å²) in [5.41, 5.74) is 0.678. The third-order valence-corrected chi connectivity index (χ3v) is 4.21. The number of aryl methyl sites for hydroxylation is 1. The van der Waals surface area contributed by atoms with Crippen molar-refractivity contribution in [3.63, 3.8) is 0 Å². The predicted molar refractivity (Wildman–Crippen MR) is 77.0 cm³/mol. The first kappa shape index (κ1) is 14.6. The summed E-state index contributed by atoms with van der Waals surface area (Å²) >= 11 is 0. The third-order valence-electron chi connectivity index (χ3n) is 4.21. The van der Waals surface area contributed by atoms with Gasteiger partial charge in [0.15, 0.2) is 0 Å². The monoisotopic (exact) mass is 294 g/mol. The summed E-state index contributed by atoms with van der Waals surface area (Å²) in [6.45, 7) is 5.64. The first-order valence-corrected chi connectivity index (χ1v) is 7.27. The van der Waals surface area contributed by atoms with Crippen molar-refractivity contribution < 1.29 is 9.84 Å². The number of aliphatic hydroxyl groups is 1. The lowest BCUT2D eigenvalue weighted by molar-refractivity contribution is -0.0499. The highest BCUT2D eigenvalue weighted by Crippen LogP contribution is 2.21. The maximum Gasteiger partial charge on any atom is 0.258 e. The summed E-state index contributed by atoms with van der Waals surface area (Å²) in [7, 11) is 1.74. The largest absolute Gasteiger partial charge is 0.385 e. The number of nitrogens with one attached hydrogen (secondary N) is 1. The smallest absolute Gasteiger partial charge is 0.258 e. The molecule has 0 bridgehead atoms. The van der Waals surface area contributed by atoms with E-state index in [4.69, 9.17) is 4.74 Å². The Hall–Kier alpha value is -1.28. The zero-order valence-electron chi connectivity index (χ0n) is 12.6. The molecule has 1 atom stereocenters. The van der Waals surface area contributed by atoms with Crippen molar-refractivity contribution in [1.82, 2.24) is 19.8 Å². The Morgan fingerprint density at radius 2 is 2.29 bits per heavy atom. The summed E-state index contributed by atoms with van der Waals surface area (Å²) in [6, 6.07) is 0. The highest BCUT2D eigenvalue weighted by molar-refractivity contribution is 5.23. The molecule has 0 saturated carbocycles. The van der Waals surface area contributed by atoms with Crippen LogP contribution < -0.4 is 10.9 Å². The summed E-state index contributed by atoms with van der Waals surface area (Å²) in [5, 5.41) is 13.8. The standard InChI is InChI=1S/C14H22N4O3/c1-10-16-12-6-18(5-11(12)13(19)17(10)2)8-14(20)7-15-3-4-21-9-14/h15,20H,3-9H2,1-2H3/t14-/m1/s1. The Kier molecular flexibility index (Phi) is 3.83. The van der Waals surface area contributed by atoms with Crippen molar-refractivity contribution >= 4 is 0 Å². The molecule has 2 N–H and O–H groups in total. The molecule has 1 saturated heterocycles. The van der Waals surface area contributed by atoms with E-state index < -0.39 is 5.60 Å². The average Bonchev–Trinajstić information content (AvgIpc) is 2.69. The molecule has 1 aromatic rings. The number of fused-ring (bicyclic) bond motifs is 1. The lowest BCUT2D eigenvalue weighted by Crippen LogP contribution is -2.50. The van der Waals surface area contributed by atoms with E-state index in [1.54, 1.807) is 11.6 Å². The highest BCUT2D eigenvalue weighted by Gasteiger charge is 2.34. The minimum absolute atomic E-state index is 0.0160. The summed E-state index contributed by atoms with van der Waals surface area (Å²) < 4.78 is 7.02. The fourth-order valence-corrected chi connectivity index (χ4v) is 3.00. The second kappa shape index (κ2) is 5.49. The van der Waals surface area contributed by atoms with Gasteiger partial charge >= 0.3 is 0 Å². The second-order valence-corrected chi connectivity index (χ2v) is 6.05. The minimum Gasteiger partial charge on any atom is -0.385 e. The number of hydrogen-bond acceptors (Lipinski definition) is 6. The zero-order valence-corrected chi connectivity index (χ0v) is 12.6. The van der Waals surface area contributed by atoms with Gasteiger partial charge in [-0.05, 0) is 6.92 Å². The topological polar surface area (TPSA) is 79.6 Å². The van der Waals surface area contributed by atoms with Crippen LogP contribution in [0.1, 0.15) is 17.1 Å². The van der Waals surface area contributed by atoms with Gasteiger partial charge in [-0.2, -0.15) is 0 Å². The Morgan fingerprint density at radius 1 is 1.48 bits per heavy atom. The number of hydrogen-bond donors (Lipinski definition) is 2. The third kappa shape index (κ3) is 2.87. The van der Waals surface area contributed by atoms with Crippen LogP contribution in [-0.2, 0) is 24.9 Å². The van der Waals surface area contributed by atoms with Gasteiger partial charge in [0, 0.05) is 39.8 Å². The molecule has 0 aromatic carbocycles. The summed E-state index contributed by atoms with van der Waals surface area (Å²) in [4.78, 5) is 18.8. The maximum absolute atomic E-state index is 12.3. The van der Waals surface area contributed by atoms with Gasteiger partial charge in [-0.15, -0.1) is 0 Å². The van der Waals surface area contributed by atoms with Gasteiger partial charge in [-0.3, -0.25) is 14.3 Å². The van der Waals surface area contributed by atoms with Gasteiger partial charge in [-0.25, -0.2) is 4.98 Å². The van der Waals surface area contributed by atoms with Crippen molar-refractivity contribution in [2.24, 2.45) is 7.05 Å². The summed E-state index contributed by atoms with van der Waals surface area (Å²) in [6.07, 6.45) is 0. The van der Waals surface area contributed by atoms with Crippen molar-refractivity contribution in [2.75, 3.05) is 32.8 Å². The molecule has 3 rings (SSSR count). The van der Waals surface area contributed by atoms with Crippen LogP contribution >= 0.6 is 0 Å². The van der Waals surface area contributed by atoms with Crippen molar-refractivity contribution in [2.45, 2.75) is 25.6 Å². The van der Waals surface area contributed by atoms with Crippen molar-refractivity contribution in [1.29, 1.82) is 0 Å². The van der Waals surface area contributed by atoms with Crippen LogP contribution in [0.5, 0.6) is 0 Å². The lowest BCUT2D eigenvalue weighted by Gasteiger charge is -2.30. The van der Waals surface area contributed by atoms with Gasteiger partial charge in [0.25, 0.3) is 5.56 Å². The van der Waals surface area contributed by atoms with Crippen LogP contribution in [0.2, 0.25) is 0 Å². The average molecular weight is 294 g/mol. The maximum atomic E-state index is 12.3. The second-order valence-electron chi connectivity index (χ2n) is 6.05. The molecule has 116 valence electrons. The van der Waals surface area contributed by atoms with Crippen LogP contribution in [0, 0.1) is 6.92 Å². The molecule has 0 aliphatic carbocycles. The first-order valence-electron chi connectivity index (χ1n) is 7.27. The normalized spacial score (nSPS) is 26.6. The molecule has 0 amide bonds. The Bertz CT molecular complexity index is 591. The van der Waals surface area contributed by atoms with E-state index in [1.165, 1.54) is 0 Å². The van der Waals surface area contributed by atoms with E-state index in [1.807, 2.05) is 6.92 Å². The Labute approximate surface area is 123 Å². The van der Waals surface area contributed by atoms with E-state index in [0.29, 0.717) is 39.4 Å². The fourth-order valence-electron chi connectivity index (χ4n) is 3.00. The number of β-amino-alcohol motifs (C(OH)–C–C–N with tert-alkyl or cyclic N) is 1. The van der Waals surface area contributed by atoms with Gasteiger partial charge in [0.2, 0.25) is 0 Å². The molecule has 3 heterocycles. The number of nitrogens with zero attached hydrogens (tertiary/aromatic N) is 3. The zero-order chi connectivity index (χ0) is 15.0. The van der Waals surface area contributed by atoms with Crippen molar-refractivity contribution in [3.05, 3.63) is 27.4 Å². The van der Waals surface area contributed by atoms with E-state index in [0.717, 1.165) is 23.6 Å². The van der Waals surface area contributed by atoms with Crippen LogP contribution in [0.25, 0.3) is 0 Å². The molecule has 7 heteroatoms. The number of ether oxygens (including phenoxy) is 1. The van der Waals surface area contributed by atoms with Crippen LogP contribution in [0.15, 0.2) is 4.79 Å². The minimum atomic E-state index is -0.918. The van der Waals surface area contributed by atoms with E-state index in [-0.39, 0.29) is 5.56 Å². The number of aromatic nitrogens is 2. The van der Waals surface area contributed by atoms with Gasteiger partial charge in [-0.1, -0.05) is 0 Å². The Morgan fingerprint density at radius 3 is 3.10 bits per heavy atom. The molecule has 2 aliphatic heterocycles. The van der Waals surface area contributed by atoms with Gasteiger partial charge < -0.3 is 15.2 Å². The van der Waals surface area contributed by atoms with E-state index >= 15 is 0 Å². The van der Waals surface area contributed by atoms with Gasteiger partial charge in [0.05, 0.1) is 24.5 Å². The first-order chi connectivity index (χ1) is 9.98. The van der Waals surface area contributed by atoms with Crippen LogP contribution in [0.4, 0.5) is 0 Å². The molecule has 0 spiro atoms. The van der Waals surface area contributed by atoms with Crippen molar-refractivity contribution in [3.8, 4) is 0 Å². The molecule has 0 radical (unpaired) electrons. The van der Waals surface area contributed by atoms with Gasteiger partial charge in [0.1, 0.15) is 11.4 Å².